The van der Waals surface area contributed by atoms with E-state index in [4.69, 9.17) is 5.73 Å². The molecule has 0 aliphatic rings. The van der Waals surface area contributed by atoms with Gasteiger partial charge in [-0.1, -0.05) is 0 Å². The molecular formula is C10H14N2O4. The number of carbonyl (C=O) groups excluding carboxylic acids is 1. The van der Waals surface area contributed by atoms with Crippen LogP contribution in [0.15, 0.2) is 18.3 Å². The van der Waals surface area contributed by atoms with E-state index in [1.54, 1.807) is 13.0 Å². The van der Waals surface area contributed by atoms with Crippen molar-refractivity contribution in [3.8, 4) is 0 Å². The molecular weight excluding hydrogens is 212 g/mol. The van der Waals surface area contributed by atoms with Crippen LogP contribution in [-0.4, -0.2) is 33.9 Å². The molecule has 1 rings (SSSR count). The van der Waals surface area contributed by atoms with E-state index in [0.717, 1.165) is 0 Å². The molecule has 0 aliphatic carbocycles. The fraction of sp³-hybridized carbons (Fsp3) is 0.400. The van der Waals surface area contributed by atoms with Gasteiger partial charge in [0.25, 0.3) is 0 Å². The van der Waals surface area contributed by atoms with E-state index < -0.39 is 18.2 Å². The van der Waals surface area contributed by atoms with Gasteiger partial charge in [-0.3, -0.25) is 4.98 Å². The molecule has 0 saturated heterocycles. The summed E-state index contributed by atoms with van der Waals surface area (Å²) in [6, 6.07) is 3.10. The van der Waals surface area contributed by atoms with Gasteiger partial charge in [0.15, 0.2) is 6.10 Å². The number of hydrogen-bond acceptors (Lipinski definition) is 6. The molecule has 0 aliphatic heterocycles. The van der Waals surface area contributed by atoms with Crippen LogP contribution in [-0.2, 0) is 9.53 Å². The van der Waals surface area contributed by atoms with Crippen molar-refractivity contribution >= 4 is 11.7 Å². The summed E-state index contributed by atoms with van der Waals surface area (Å²) in [6.07, 6.45) is -1.76. The van der Waals surface area contributed by atoms with Gasteiger partial charge in [0.05, 0.1) is 18.0 Å². The molecule has 2 unspecified atom stereocenters. The van der Waals surface area contributed by atoms with Gasteiger partial charge in [0, 0.05) is 6.20 Å². The van der Waals surface area contributed by atoms with E-state index in [0.29, 0.717) is 0 Å². The zero-order chi connectivity index (χ0) is 12.1. The highest BCUT2D eigenvalue weighted by Gasteiger charge is 2.29. The van der Waals surface area contributed by atoms with E-state index in [-0.39, 0.29) is 18.0 Å². The molecule has 0 saturated carbocycles. The minimum atomic E-state index is -1.68. The van der Waals surface area contributed by atoms with Crippen LogP contribution in [0.1, 0.15) is 18.7 Å². The van der Waals surface area contributed by atoms with Crippen LogP contribution in [0.2, 0.25) is 0 Å². The van der Waals surface area contributed by atoms with Gasteiger partial charge in [-0.15, -0.1) is 0 Å². The lowest BCUT2D eigenvalue weighted by Crippen LogP contribution is -2.30. The molecule has 2 atom stereocenters. The number of aliphatic hydroxyl groups excluding tert-OH is 2. The predicted octanol–water partition coefficient (Wildman–Crippen LogP) is -0.379. The molecule has 0 spiro atoms. The summed E-state index contributed by atoms with van der Waals surface area (Å²) in [6.45, 7) is 1.73. The molecule has 1 aromatic rings. The lowest BCUT2D eigenvalue weighted by molar-refractivity contribution is -0.159. The Kier molecular flexibility index (Phi) is 4.21. The Morgan fingerprint density at radius 1 is 1.62 bits per heavy atom. The highest BCUT2D eigenvalue weighted by Crippen LogP contribution is 2.20. The number of carbonyl (C=O) groups is 1. The van der Waals surface area contributed by atoms with Crippen molar-refractivity contribution in [3.05, 3.63) is 24.0 Å². The zero-order valence-corrected chi connectivity index (χ0v) is 8.83. The molecule has 88 valence electrons. The number of hydrogen-bond donors (Lipinski definition) is 3. The molecule has 0 amide bonds. The maximum absolute atomic E-state index is 11.2. The lowest BCUT2D eigenvalue weighted by Gasteiger charge is -2.16. The number of esters is 1. The SMILES string of the molecule is CCOC(=O)C(O)C(O)c1ncccc1N. The van der Waals surface area contributed by atoms with Crippen molar-refractivity contribution in [3.63, 3.8) is 0 Å². The third kappa shape index (κ3) is 2.68. The van der Waals surface area contributed by atoms with Gasteiger partial charge in [0.2, 0.25) is 0 Å². The number of anilines is 1. The molecule has 4 N–H and O–H groups in total. The minimum Gasteiger partial charge on any atom is -0.464 e. The van der Waals surface area contributed by atoms with Crippen molar-refractivity contribution < 1.29 is 19.7 Å². The summed E-state index contributed by atoms with van der Waals surface area (Å²) in [7, 11) is 0. The molecule has 0 bridgehead atoms. The maximum Gasteiger partial charge on any atom is 0.338 e. The van der Waals surface area contributed by atoms with Gasteiger partial charge in [-0.25, -0.2) is 4.79 Å². The van der Waals surface area contributed by atoms with Gasteiger partial charge in [-0.2, -0.15) is 0 Å². The van der Waals surface area contributed by atoms with Gasteiger partial charge in [-0.05, 0) is 19.1 Å². The quantitative estimate of drug-likeness (QED) is 0.604. The summed E-state index contributed by atoms with van der Waals surface area (Å²) < 4.78 is 4.57. The maximum atomic E-state index is 11.2. The number of nitrogens with two attached hydrogens (primary N) is 1. The van der Waals surface area contributed by atoms with Crippen LogP contribution in [0.4, 0.5) is 5.69 Å². The van der Waals surface area contributed by atoms with E-state index in [1.807, 2.05) is 0 Å². The van der Waals surface area contributed by atoms with E-state index >= 15 is 0 Å². The Labute approximate surface area is 92.7 Å². The second kappa shape index (κ2) is 5.43. The summed E-state index contributed by atoms with van der Waals surface area (Å²) >= 11 is 0. The van der Waals surface area contributed by atoms with Crippen LogP contribution in [0, 0.1) is 0 Å². The van der Waals surface area contributed by atoms with Crippen LogP contribution in [0.5, 0.6) is 0 Å². The Morgan fingerprint density at radius 2 is 2.31 bits per heavy atom. The topological polar surface area (TPSA) is 106 Å². The average molecular weight is 226 g/mol. The van der Waals surface area contributed by atoms with E-state index in [1.165, 1.54) is 12.3 Å². The lowest BCUT2D eigenvalue weighted by atomic mass is 10.1. The first-order chi connectivity index (χ1) is 7.57. The van der Waals surface area contributed by atoms with E-state index in [9.17, 15) is 15.0 Å². The summed E-state index contributed by atoms with van der Waals surface area (Å²) in [4.78, 5) is 15.0. The number of rotatable bonds is 4. The molecule has 16 heavy (non-hydrogen) atoms. The third-order valence-electron chi connectivity index (χ3n) is 1.98. The summed E-state index contributed by atoms with van der Waals surface area (Å²) in [5, 5.41) is 19.1. The Morgan fingerprint density at radius 3 is 2.88 bits per heavy atom. The standard InChI is InChI=1S/C10H14N2O4/c1-2-16-10(15)9(14)8(13)7-6(11)4-3-5-12-7/h3-5,8-9,13-14H,2,11H2,1H3. The first kappa shape index (κ1) is 12.4. The van der Waals surface area contributed by atoms with Crippen LogP contribution < -0.4 is 5.73 Å². The van der Waals surface area contributed by atoms with Crippen molar-refractivity contribution in [1.82, 2.24) is 4.98 Å². The molecule has 0 aromatic carbocycles. The zero-order valence-electron chi connectivity index (χ0n) is 8.83. The Balaban J connectivity index is 2.82. The molecule has 0 fully saturated rings. The highest BCUT2D eigenvalue weighted by molar-refractivity contribution is 5.75. The smallest absolute Gasteiger partial charge is 0.338 e. The largest absolute Gasteiger partial charge is 0.464 e. The highest BCUT2D eigenvalue weighted by atomic mass is 16.5. The molecule has 6 heteroatoms. The van der Waals surface area contributed by atoms with Gasteiger partial charge in [0.1, 0.15) is 6.10 Å². The number of nitrogens with zero attached hydrogens (tertiary/aromatic N) is 1. The predicted molar refractivity (Wildman–Crippen MR) is 56.2 cm³/mol. The number of pyridine rings is 1. The summed E-state index contributed by atoms with van der Waals surface area (Å²) in [5.74, 6) is -0.903. The van der Waals surface area contributed by atoms with Gasteiger partial charge < -0.3 is 20.7 Å². The molecule has 0 radical (unpaired) electrons. The van der Waals surface area contributed by atoms with Crippen molar-refractivity contribution in [2.24, 2.45) is 0 Å². The second-order valence-electron chi connectivity index (χ2n) is 3.12. The summed E-state index contributed by atoms with van der Waals surface area (Å²) in [5.41, 5.74) is 5.81. The second-order valence-corrected chi connectivity index (χ2v) is 3.12. The van der Waals surface area contributed by atoms with Crippen molar-refractivity contribution in [2.75, 3.05) is 12.3 Å². The minimum absolute atomic E-state index is 0.0584. The molecule has 6 nitrogen and oxygen atoms in total. The molecule has 1 aromatic heterocycles. The number of nitrogen functional groups attached to an aromatic ring is 1. The number of ether oxygens (including phenoxy) is 1. The third-order valence-corrected chi connectivity index (χ3v) is 1.98. The molecule has 1 heterocycles. The number of aliphatic hydroxyl groups is 2. The van der Waals surface area contributed by atoms with Crippen LogP contribution in [0.3, 0.4) is 0 Å². The monoisotopic (exact) mass is 226 g/mol. The first-order valence-corrected chi connectivity index (χ1v) is 4.81. The Bertz CT molecular complexity index is 370. The Hall–Kier alpha value is -1.66. The van der Waals surface area contributed by atoms with Crippen LogP contribution in [0.25, 0.3) is 0 Å². The van der Waals surface area contributed by atoms with Crippen molar-refractivity contribution in [2.45, 2.75) is 19.1 Å². The van der Waals surface area contributed by atoms with Crippen LogP contribution >= 0.6 is 0 Å². The fourth-order valence-electron chi connectivity index (χ4n) is 1.18. The van der Waals surface area contributed by atoms with E-state index in [2.05, 4.69) is 9.72 Å². The first-order valence-electron chi connectivity index (χ1n) is 4.81. The normalized spacial score (nSPS) is 14.2. The number of aromatic nitrogens is 1. The van der Waals surface area contributed by atoms with Gasteiger partial charge >= 0.3 is 5.97 Å². The average Bonchev–Trinajstić information content (AvgIpc) is 2.28. The fourth-order valence-corrected chi connectivity index (χ4v) is 1.18. The van der Waals surface area contributed by atoms with Crippen molar-refractivity contribution in [1.29, 1.82) is 0 Å².